The van der Waals surface area contributed by atoms with Crippen molar-refractivity contribution < 1.29 is 14.2 Å². The molecule has 1 aliphatic rings. The normalized spacial score (nSPS) is 18.3. The van der Waals surface area contributed by atoms with Crippen molar-refractivity contribution in [1.29, 1.82) is 0 Å². The fourth-order valence-electron chi connectivity index (χ4n) is 3.49. The van der Waals surface area contributed by atoms with Crippen LogP contribution in [0.4, 0.5) is 0 Å². The van der Waals surface area contributed by atoms with E-state index in [4.69, 9.17) is 14.2 Å². The molecule has 0 saturated carbocycles. The van der Waals surface area contributed by atoms with Gasteiger partial charge in [-0.25, -0.2) is 0 Å². The lowest BCUT2D eigenvalue weighted by molar-refractivity contribution is 0.0285. The predicted octanol–water partition coefficient (Wildman–Crippen LogP) is 2.72. The average Bonchev–Trinajstić information content (AvgIpc) is 3.07. The molecule has 136 valence electrons. The van der Waals surface area contributed by atoms with Crippen LogP contribution in [0.2, 0.25) is 0 Å². The monoisotopic (exact) mass is 345 g/mol. The molecule has 6 heteroatoms. The van der Waals surface area contributed by atoms with Gasteiger partial charge in [-0.2, -0.15) is 5.10 Å². The molecule has 0 aliphatic carbocycles. The highest BCUT2D eigenvalue weighted by Gasteiger charge is 2.21. The number of benzene rings is 1. The second kappa shape index (κ2) is 7.89. The van der Waals surface area contributed by atoms with Gasteiger partial charge in [-0.05, 0) is 37.1 Å². The maximum absolute atomic E-state index is 5.61. The lowest BCUT2D eigenvalue weighted by Gasteiger charge is -2.32. The van der Waals surface area contributed by atoms with Crippen LogP contribution in [0, 0.1) is 0 Å². The minimum Gasteiger partial charge on any atom is -0.493 e. The summed E-state index contributed by atoms with van der Waals surface area (Å²) in [6.07, 6.45) is 6.47. The Balaban J connectivity index is 1.91. The van der Waals surface area contributed by atoms with Gasteiger partial charge in [0.2, 0.25) is 0 Å². The highest BCUT2D eigenvalue weighted by atomic mass is 16.5. The quantitative estimate of drug-likeness (QED) is 0.806. The molecule has 0 bridgehead atoms. The van der Waals surface area contributed by atoms with Gasteiger partial charge >= 0.3 is 0 Å². The number of piperidine rings is 1. The molecule has 0 amide bonds. The number of rotatable bonds is 6. The molecule has 2 aromatic rings. The van der Waals surface area contributed by atoms with E-state index in [-0.39, 0.29) is 0 Å². The van der Waals surface area contributed by atoms with Crippen LogP contribution in [0.15, 0.2) is 24.5 Å². The third-order valence-corrected chi connectivity index (χ3v) is 4.76. The van der Waals surface area contributed by atoms with E-state index in [0.29, 0.717) is 6.10 Å². The number of aromatic nitrogens is 2. The lowest BCUT2D eigenvalue weighted by Crippen LogP contribution is -2.38. The van der Waals surface area contributed by atoms with Crippen molar-refractivity contribution in [1.82, 2.24) is 14.7 Å². The summed E-state index contributed by atoms with van der Waals surface area (Å²) in [6, 6.07) is 4.24. The minimum atomic E-state index is 0.326. The SMILES string of the molecule is COc1cc(CN2CCCC(OC)C2)cc(-c2cnn(C)c2)c1OC. The van der Waals surface area contributed by atoms with Gasteiger partial charge in [0.1, 0.15) is 0 Å². The zero-order valence-corrected chi connectivity index (χ0v) is 15.5. The van der Waals surface area contributed by atoms with E-state index in [2.05, 4.69) is 22.1 Å². The molecule has 1 saturated heterocycles. The highest BCUT2D eigenvalue weighted by Crippen LogP contribution is 2.39. The van der Waals surface area contributed by atoms with Gasteiger partial charge in [0.15, 0.2) is 11.5 Å². The molecule has 3 rings (SSSR count). The number of ether oxygens (including phenoxy) is 3. The zero-order chi connectivity index (χ0) is 17.8. The van der Waals surface area contributed by atoms with Crippen molar-refractivity contribution in [3.63, 3.8) is 0 Å². The lowest BCUT2D eigenvalue weighted by atomic mass is 10.0. The van der Waals surface area contributed by atoms with Crippen LogP contribution < -0.4 is 9.47 Å². The first-order chi connectivity index (χ1) is 12.1. The zero-order valence-electron chi connectivity index (χ0n) is 15.5. The Morgan fingerprint density at radius 3 is 2.68 bits per heavy atom. The third-order valence-electron chi connectivity index (χ3n) is 4.76. The van der Waals surface area contributed by atoms with Gasteiger partial charge in [-0.15, -0.1) is 0 Å². The van der Waals surface area contributed by atoms with Crippen LogP contribution >= 0.6 is 0 Å². The van der Waals surface area contributed by atoms with Crippen molar-refractivity contribution in [3.05, 3.63) is 30.1 Å². The van der Waals surface area contributed by atoms with Gasteiger partial charge < -0.3 is 14.2 Å². The molecule has 0 spiro atoms. The summed E-state index contributed by atoms with van der Waals surface area (Å²) in [7, 11) is 7.06. The summed E-state index contributed by atoms with van der Waals surface area (Å²) in [6.45, 7) is 2.93. The Kier molecular flexibility index (Phi) is 5.60. The molecule has 1 aliphatic heterocycles. The van der Waals surface area contributed by atoms with Gasteiger partial charge in [0.05, 0.1) is 26.5 Å². The van der Waals surface area contributed by atoms with Gasteiger partial charge in [0, 0.05) is 44.6 Å². The van der Waals surface area contributed by atoms with E-state index in [1.165, 1.54) is 12.0 Å². The van der Waals surface area contributed by atoms with Crippen molar-refractivity contribution in [2.24, 2.45) is 7.05 Å². The van der Waals surface area contributed by atoms with E-state index in [9.17, 15) is 0 Å². The summed E-state index contributed by atoms with van der Waals surface area (Å²) in [4.78, 5) is 2.44. The van der Waals surface area contributed by atoms with Crippen molar-refractivity contribution >= 4 is 0 Å². The molecule has 2 heterocycles. The third kappa shape index (κ3) is 3.96. The molecule has 1 aromatic carbocycles. The van der Waals surface area contributed by atoms with Crippen molar-refractivity contribution in [3.8, 4) is 22.6 Å². The predicted molar refractivity (Wildman–Crippen MR) is 97.1 cm³/mol. The number of likely N-dealkylation sites (tertiary alicyclic amines) is 1. The van der Waals surface area contributed by atoms with E-state index in [0.717, 1.165) is 48.7 Å². The van der Waals surface area contributed by atoms with Crippen LogP contribution in [-0.4, -0.2) is 55.2 Å². The Labute approximate surface area is 149 Å². The molecule has 0 radical (unpaired) electrons. The van der Waals surface area contributed by atoms with Gasteiger partial charge in [-0.1, -0.05) is 0 Å². The number of nitrogens with zero attached hydrogens (tertiary/aromatic N) is 3. The fraction of sp³-hybridized carbons (Fsp3) is 0.526. The van der Waals surface area contributed by atoms with Crippen LogP contribution in [0.25, 0.3) is 11.1 Å². The number of methoxy groups -OCH3 is 3. The van der Waals surface area contributed by atoms with Crippen LogP contribution in [0.3, 0.4) is 0 Å². The molecular weight excluding hydrogens is 318 g/mol. The Morgan fingerprint density at radius 1 is 1.20 bits per heavy atom. The molecular formula is C19H27N3O3. The molecule has 1 atom stereocenters. The van der Waals surface area contributed by atoms with Crippen LogP contribution in [0.5, 0.6) is 11.5 Å². The molecule has 0 N–H and O–H groups in total. The summed E-state index contributed by atoms with van der Waals surface area (Å²) >= 11 is 0. The molecule has 1 aromatic heterocycles. The standard InChI is InChI=1S/C19H27N3O3/c1-21-12-15(10-20-21)17-8-14(9-18(24-3)19(17)25-4)11-22-7-5-6-16(13-22)23-2/h8-10,12,16H,5-7,11,13H2,1-4H3. The Morgan fingerprint density at radius 2 is 2.04 bits per heavy atom. The molecule has 25 heavy (non-hydrogen) atoms. The second-order valence-electron chi connectivity index (χ2n) is 6.52. The number of aryl methyl sites for hydroxylation is 1. The highest BCUT2D eigenvalue weighted by molar-refractivity contribution is 5.74. The summed E-state index contributed by atoms with van der Waals surface area (Å²) in [5, 5.41) is 4.28. The summed E-state index contributed by atoms with van der Waals surface area (Å²) in [5.74, 6) is 1.49. The number of hydrogen-bond acceptors (Lipinski definition) is 5. The van der Waals surface area contributed by atoms with Crippen LogP contribution in [-0.2, 0) is 18.3 Å². The van der Waals surface area contributed by atoms with E-state index in [1.807, 2.05) is 19.4 Å². The smallest absolute Gasteiger partial charge is 0.168 e. The summed E-state index contributed by atoms with van der Waals surface area (Å²) < 4.78 is 18.5. The van der Waals surface area contributed by atoms with Gasteiger partial charge in [-0.3, -0.25) is 9.58 Å². The fourth-order valence-corrected chi connectivity index (χ4v) is 3.49. The average molecular weight is 345 g/mol. The Bertz CT molecular complexity index is 714. The minimum absolute atomic E-state index is 0.326. The van der Waals surface area contributed by atoms with Crippen molar-refractivity contribution in [2.75, 3.05) is 34.4 Å². The molecule has 6 nitrogen and oxygen atoms in total. The van der Waals surface area contributed by atoms with Gasteiger partial charge in [0.25, 0.3) is 0 Å². The summed E-state index contributed by atoms with van der Waals surface area (Å²) in [5.41, 5.74) is 3.23. The first-order valence-electron chi connectivity index (χ1n) is 8.63. The number of hydrogen-bond donors (Lipinski definition) is 0. The molecule has 1 unspecified atom stereocenters. The maximum Gasteiger partial charge on any atom is 0.168 e. The van der Waals surface area contributed by atoms with Crippen molar-refractivity contribution in [2.45, 2.75) is 25.5 Å². The first-order valence-corrected chi connectivity index (χ1v) is 8.63. The largest absolute Gasteiger partial charge is 0.493 e. The maximum atomic E-state index is 5.61. The Hall–Kier alpha value is -2.05. The van der Waals surface area contributed by atoms with E-state index in [1.54, 1.807) is 26.0 Å². The van der Waals surface area contributed by atoms with E-state index >= 15 is 0 Å². The molecule has 1 fully saturated rings. The van der Waals surface area contributed by atoms with Crippen LogP contribution in [0.1, 0.15) is 18.4 Å². The first kappa shape index (κ1) is 17.8. The van der Waals surface area contributed by atoms with E-state index < -0.39 is 0 Å². The topological polar surface area (TPSA) is 48.8 Å². The second-order valence-corrected chi connectivity index (χ2v) is 6.52.